The summed E-state index contributed by atoms with van der Waals surface area (Å²) in [5.74, 6) is 0.0970. The third-order valence-corrected chi connectivity index (χ3v) is 5.15. The molecule has 2 heterocycles. The Balaban J connectivity index is 1.75. The van der Waals surface area contributed by atoms with Gasteiger partial charge in [0.15, 0.2) is 0 Å². The molecule has 2 aromatic carbocycles. The lowest BCUT2D eigenvalue weighted by Gasteiger charge is -2.26. The fourth-order valence-electron chi connectivity index (χ4n) is 3.62. The Morgan fingerprint density at radius 1 is 0.963 bits per heavy atom. The van der Waals surface area contributed by atoms with Crippen LogP contribution < -0.4 is 0 Å². The van der Waals surface area contributed by atoms with Gasteiger partial charge in [-0.2, -0.15) is 0 Å². The Hall–Kier alpha value is -2.85. The monoisotopic (exact) mass is 360 g/mol. The average Bonchev–Trinajstić information content (AvgIpc) is 3.06. The quantitative estimate of drug-likeness (QED) is 0.705. The summed E-state index contributed by atoms with van der Waals surface area (Å²) >= 11 is 0. The average molecular weight is 360 g/mol. The SMILES string of the molecule is Cc1c(C(=O)N2CCOCC2)cc(-c2ccccc2)n1Cc1ccccc1. The highest BCUT2D eigenvalue weighted by molar-refractivity contribution is 5.97. The molecule has 1 aliphatic rings. The van der Waals surface area contributed by atoms with Gasteiger partial charge in [-0.05, 0) is 24.1 Å². The maximum absolute atomic E-state index is 13.1. The molecule has 0 spiro atoms. The molecule has 0 N–H and O–H groups in total. The maximum Gasteiger partial charge on any atom is 0.255 e. The van der Waals surface area contributed by atoms with E-state index in [2.05, 4.69) is 41.0 Å². The minimum atomic E-state index is 0.0970. The van der Waals surface area contributed by atoms with E-state index in [1.165, 1.54) is 5.56 Å². The molecule has 3 aromatic rings. The normalized spacial score (nSPS) is 14.3. The molecule has 0 aliphatic carbocycles. The molecular formula is C23H24N2O2. The fraction of sp³-hybridized carbons (Fsp3) is 0.261. The number of rotatable bonds is 4. The number of benzene rings is 2. The Morgan fingerprint density at radius 2 is 1.59 bits per heavy atom. The van der Waals surface area contributed by atoms with Gasteiger partial charge in [0.25, 0.3) is 5.91 Å². The molecule has 4 heteroatoms. The molecule has 1 amide bonds. The summed E-state index contributed by atoms with van der Waals surface area (Å²) in [6.45, 7) is 5.32. The van der Waals surface area contributed by atoms with Crippen LogP contribution in [0, 0.1) is 6.92 Å². The van der Waals surface area contributed by atoms with Crippen LogP contribution in [0.1, 0.15) is 21.6 Å². The van der Waals surface area contributed by atoms with Gasteiger partial charge in [0, 0.05) is 31.0 Å². The number of hydrogen-bond acceptors (Lipinski definition) is 2. The molecule has 1 aromatic heterocycles. The highest BCUT2D eigenvalue weighted by atomic mass is 16.5. The van der Waals surface area contributed by atoms with E-state index in [0.717, 1.165) is 29.1 Å². The van der Waals surface area contributed by atoms with Crippen molar-refractivity contribution >= 4 is 5.91 Å². The number of carbonyl (C=O) groups excluding carboxylic acids is 1. The van der Waals surface area contributed by atoms with Gasteiger partial charge in [0.1, 0.15) is 0 Å². The highest BCUT2D eigenvalue weighted by Gasteiger charge is 2.24. The molecule has 0 unspecified atom stereocenters. The maximum atomic E-state index is 13.1. The van der Waals surface area contributed by atoms with Gasteiger partial charge in [-0.15, -0.1) is 0 Å². The van der Waals surface area contributed by atoms with Crippen molar-refractivity contribution in [2.45, 2.75) is 13.5 Å². The second-order valence-corrected chi connectivity index (χ2v) is 6.87. The van der Waals surface area contributed by atoms with Crippen molar-refractivity contribution in [3.05, 3.63) is 83.6 Å². The molecule has 0 saturated carbocycles. The largest absolute Gasteiger partial charge is 0.378 e. The lowest BCUT2D eigenvalue weighted by atomic mass is 10.1. The number of aromatic nitrogens is 1. The molecule has 4 nitrogen and oxygen atoms in total. The molecule has 1 saturated heterocycles. The summed E-state index contributed by atoms with van der Waals surface area (Å²) in [4.78, 5) is 15.0. The van der Waals surface area contributed by atoms with E-state index in [9.17, 15) is 4.79 Å². The topological polar surface area (TPSA) is 34.5 Å². The van der Waals surface area contributed by atoms with Gasteiger partial charge in [-0.25, -0.2) is 0 Å². The van der Waals surface area contributed by atoms with Crippen LogP contribution in [0.15, 0.2) is 66.7 Å². The van der Waals surface area contributed by atoms with Crippen LogP contribution in [0.25, 0.3) is 11.3 Å². The van der Waals surface area contributed by atoms with Crippen molar-refractivity contribution in [3.8, 4) is 11.3 Å². The van der Waals surface area contributed by atoms with Gasteiger partial charge in [0.05, 0.1) is 18.8 Å². The zero-order chi connectivity index (χ0) is 18.6. The molecule has 4 rings (SSSR count). The van der Waals surface area contributed by atoms with Crippen LogP contribution in [0.5, 0.6) is 0 Å². The molecular weight excluding hydrogens is 336 g/mol. The van der Waals surface area contributed by atoms with Gasteiger partial charge in [-0.1, -0.05) is 60.7 Å². The first-order valence-electron chi connectivity index (χ1n) is 9.40. The third kappa shape index (κ3) is 3.67. The summed E-state index contributed by atoms with van der Waals surface area (Å²) in [6, 6.07) is 22.7. The minimum absolute atomic E-state index is 0.0970. The first kappa shape index (κ1) is 17.6. The summed E-state index contributed by atoms with van der Waals surface area (Å²) in [6.07, 6.45) is 0. The van der Waals surface area contributed by atoms with Gasteiger partial charge in [-0.3, -0.25) is 4.79 Å². The van der Waals surface area contributed by atoms with E-state index < -0.39 is 0 Å². The zero-order valence-electron chi connectivity index (χ0n) is 15.6. The van der Waals surface area contributed by atoms with Crippen LogP contribution in [0.2, 0.25) is 0 Å². The number of hydrogen-bond donors (Lipinski definition) is 0. The zero-order valence-corrected chi connectivity index (χ0v) is 15.6. The summed E-state index contributed by atoms with van der Waals surface area (Å²) in [7, 11) is 0. The van der Waals surface area contributed by atoms with Crippen LogP contribution >= 0.6 is 0 Å². The number of carbonyl (C=O) groups is 1. The number of amides is 1. The molecule has 138 valence electrons. The number of ether oxygens (including phenoxy) is 1. The molecule has 1 fully saturated rings. The summed E-state index contributed by atoms with van der Waals surface area (Å²) < 4.78 is 7.64. The summed E-state index contributed by atoms with van der Waals surface area (Å²) in [5.41, 5.74) is 5.21. The first-order chi connectivity index (χ1) is 13.2. The van der Waals surface area contributed by atoms with Crippen molar-refractivity contribution in [1.29, 1.82) is 0 Å². The van der Waals surface area contributed by atoms with Crippen molar-refractivity contribution in [2.75, 3.05) is 26.3 Å². The van der Waals surface area contributed by atoms with Gasteiger partial charge in [0.2, 0.25) is 0 Å². The Kier molecular flexibility index (Phi) is 5.07. The Labute approximate surface area is 160 Å². The fourth-order valence-corrected chi connectivity index (χ4v) is 3.62. The third-order valence-electron chi connectivity index (χ3n) is 5.15. The molecule has 1 aliphatic heterocycles. The van der Waals surface area contributed by atoms with Gasteiger partial charge < -0.3 is 14.2 Å². The van der Waals surface area contributed by atoms with Crippen molar-refractivity contribution in [1.82, 2.24) is 9.47 Å². The van der Waals surface area contributed by atoms with E-state index in [1.807, 2.05) is 42.2 Å². The highest BCUT2D eigenvalue weighted by Crippen LogP contribution is 2.28. The van der Waals surface area contributed by atoms with E-state index in [-0.39, 0.29) is 5.91 Å². The van der Waals surface area contributed by atoms with Crippen LogP contribution in [0.4, 0.5) is 0 Å². The second kappa shape index (κ2) is 7.80. The van der Waals surface area contributed by atoms with Crippen molar-refractivity contribution in [3.63, 3.8) is 0 Å². The molecule has 27 heavy (non-hydrogen) atoms. The Bertz CT molecular complexity index is 910. The number of morpholine rings is 1. The number of nitrogens with zero attached hydrogens (tertiary/aromatic N) is 2. The predicted molar refractivity (Wildman–Crippen MR) is 107 cm³/mol. The molecule has 0 radical (unpaired) electrons. The van der Waals surface area contributed by atoms with Crippen LogP contribution in [0.3, 0.4) is 0 Å². The lowest BCUT2D eigenvalue weighted by Crippen LogP contribution is -2.40. The van der Waals surface area contributed by atoms with Crippen LogP contribution in [-0.2, 0) is 11.3 Å². The van der Waals surface area contributed by atoms with E-state index >= 15 is 0 Å². The van der Waals surface area contributed by atoms with Gasteiger partial charge >= 0.3 is 0 Å². The van der Waals surface area contributed by atoms with E-state index in [4.69, 9.17) is 4.74 Å². The predicted octanol–water partition coefficient (Wildman–Crippen LogP) is 3.98. The summed E-state index contributed by atoms with van der Waals surface area (Å²) in [5, 5.41) is 0. The van der Waals surface area contributed by atoms with E-state index in [0.29, 0.717) is 26.3 Å². The van der Waals surface area contributed by atoms with Crippen molar-refractivity contribution in [2.24, 2.45) is 0 Å². The first-order valence-corrected chi connectivity index (χ1v) is 9.40. The van der Waals surface area contributed by atoms with Crippen LogP contribution in [-0.4, -0.2) is 41.7 Å². The molecule has 0 bridgehead atoms. The lowest BCUT2D eigenvalue weighted by molar-refractivity contribution is 0.0302. The van der Waals surface area contributed by atoms with E-state index in [1.54, 1.807) is 0 Å². The second-order valence-electron chi connectivity index (χ2n) is 6.87. The Morgan fingerprint density at radius 3 is 2.26 bits per heavy atom. The minimum Gasteiger partial charge on any atom is -0.378 e. The standard InChI is InChI=1S/C23H24N2O2/c1-18-21(23(26)24-12-14-27-15-13-24)16-22(20-10-6-3-7-11-20)25(18)17-19-8-4-2-5-9-19/h2-11,16H,12-15,17H2,1H3. The van der Waals surface area contributed by atoms with Crippen molar-refractivity contribution < 1.29 is 9.53 Å². The smallest absolute Gasteiger partial charge is 0.255 e. The molecule has 0 atom stereocenters.